The lowest BCUT2D eigenvalue weighted by molar-refractivity contribution is 0.0906. The Bertz CT molecular complexity index is 704. The quantitative estimate of drug-likeness (QED) is 0.936. The summed E-state index contributed by atoms with van der Waals surface area (Å²) in [6.07, 6.45) is 1.49. The fraction of sp³-hybridized carbons (Fsp3) is 0.250. The monoisotopic (exact) mass is 322 g/mol. The Hall–Kier alpha value is -2.14. The molecule has 2 rings (SSSR count). The molecule has 0 spiro atoms. The van der Waals surface area contributed by atoms with E-state index in [-0.39, 0.29) is 16.6 Å². The van der Waals surface area contributed by atoms with Gasteiger partial charge in [-0.2, -0.15) is 0 Å². The molecule has 0 unspecified atom stereocenters. The van der Waals surface area contributed by atoms with E-state index in [0.29, 0.717) is 11.3 Å². The highest BCUT2D eigenvalue weighted by molar-refractivity contribution is 6.31. The molecular formula is C16H16ClFN2O2. The number of methoxy groups -OCH3 is 1. The van der Waals surface area contributed by atoms with Crippen molar-refractivity contribution in [3.8, 4) is 5.75 Å². The van der Waals surface area contributed by atoms with Crippen LogP contribution in [0.25, 0.3) is 0 Å². The number of amides is 1. The Morgan fingerprint density at radius 3 is 2.68 bits per heavy atom. The van der Waals surface area contributed by atoms with Crippen LogP contribution in [0.3, 0.4) is 0 Å². The second-order valence-corrected chi connectivity index (χ2v) is 5.69. The van der Waals surface area contributed by atoms with Gasteiger partial charge in [0.25, 0.3) is 5.91 Å². The molecule has 0 bridgehead atoms. The van der Waals surface area contributed by atoms with Gasteiger partial charge < -0.3 is 10.1 Å². The summed E-state index contributed by atoms with van der Waals surface area (Å²) in [6.45, 7) is 3.56. The fourth-order valence-corrected chi connectivity index (χ4v) is 2.48. The van der Waals surface area contributed by atoms with Crippen molar-refractivity contribution in [1.82, 2.24) is 10.3 Å². The van der Waals surface area contributed by atoms with Crippen molar-refractivity contribution in [2.75, 3.05) is 7.11 Å². The first-order valence-corrected chi connectivity index (χ1v) is 6.99. The van der Waals surface area contributed by atoms with Gasteiger partial charge in [0, 0.05) is 17.3 Å². The molecule has 22 heavy (non-hydrogen) atoms. The highest BCUT2D eigenvalue weighted by Crippen LogP contribution is 2.28. The van der Waals surface area contributed by atoms with Crippen molar-refractivity contribution < 1.29 is 13.9 Å². The molecule has 0 aliphatic carbocycles. The second-order valence-electron chi connectivity index (χ2n) is 5.28. The van der Waals surface area contributed by atoms with Crippen LogP contribution in [0.4, 0.5) is 4.39 Å². The van der Waals surface area contributed by atoms with Crippen LogP contribution >= 0.6 is 11.6 Å². The zero-order valence-electron chi connectivity index (χ0n) is 12.5. The standard InChI is InChI=1S/C16H16ClFN2O2/c1-16(2,12-5-4-10(18)8-13(12)17)20-15(21)14-9-11(22-3)6-7-19-14/h4-9H,1-3H3,(H,20,21). The molecule has 4 nitrogen and oxygen atoms in total. The van der Waals surface area contributed by atoms with Gasteiger partial charge in [-0.3, -0.25) is 9.78 Å². The Morgan fingerprint density at radius 2 is 2.05 bits per heavy atom. The van der Waals surface area contributed by atoms with Gasteiger partial charge in [0.1, 0.15) is 17.3 Å². The molecule has 1 aromatic heterocycles. The van der Waals surface area contributed by atoms with Gasteiger partial charge in [-0.15, -0.1) is 0 Å². The SMILES string of the molecule is COc1ccnc(C(=O)NC(C)(C)c2ccc(F)cc2Cl)c1. The van der Waals surface area contributed by atoms with E-state index in [0.717, 1.165) is 0 Å². The molecule has 1 N–H and O–H groups in total. The van der Waals surface area contributed by atoms with Gasteiger partial charge in [-0.05, 0) is 37.6 Å². The summed E-state index contributed by atoms with van der Waals surface area (Å²) in [5.41, 5.74) is 0.0598. The van der Waals surface area contributed by atoms with E-state index >= 15 is 0 Å². The van der Waals surface area contributed by atoms with E-state index in [1.165, 1.54) is 31.5 Å². The van der Waals surface area contributed by atoms with E-state index in [2.05, 4.69) is 10.3 Å². The van der Waals surface area contributed by atoms with E-state index in [4.69, 9.17) is 16.3 Å². The number of ether oxygens (including phenoxy) is 1. The van der Waals surface area contributed by atoms with Crippen molar-refractivity contribution in [3.63, 3.8) is 0 Å². The molecule has 1 heterocycles. The number of pyridine rings is 1. The van der Waals surface area contributed by atoms with Crippen molar-refractivity contribution >= 4 is 17.5 Å². The van der Waals surface area contributed by atoms with Crippen LogP contribution in [0.15, 0.2) is 36.5 Å². The lowest BCUT2D eigenvalue weighted by atomic mass is 9.94. The van der Waals surface area contributed by atoms with E-state index in [9.17, 15) is 9.18 Å². The second kappa shape index (κ2) is 6.32. The number of aromatic nitrogens is 1. The number of carbonyl (C=O) groups excluding carboxylic acids is 1. The molecule has 0 aliphatic heterocycles. The Morgan fingerprint density at radius 1 is 1.32 bits per heavy atom. The summed E-state index contributed by atoms with van der Waals surface area (Å²) in [4.78, 5) is 16.4. The summed E-state index contributed by atoms with van der Waals surface area (Å²) >= 11 is 6.06. The maximum atomic E-state index is 13.2. The average Bonchev–Trinajstić information content (AvgIpc) is 2.46. The predicted molar refractivity (Wildman–Crippen MR) is 82.7 cm³/mol. The number of halogens is 2. The third kappa shape index (κ3) is 3.54. The third-order valence-corrected chi connectivity index (χ3v) is 3.54. The van der Waals surface area contributed by atoms with Crippen LogP contribution in [0.2, 0.25) is 5.02 Å². The van der Waals surface area contributed by atoms with Gasteiger partial charge >= 0.3 is 0 Å². The summed E-state index contributed by atoms with van der Waals surface area (Å²) in [7, 11) is 1.51. The highest BCUT2D eigenvalue weighted by atomic mass is 35.5. The van der Waals surface area contributed by atoms with E-state index < -0.39 is 11.4 Å². The van der Waals surface area contributed by atoms with Crippen LogP contribution in [0.1, 0.15) is 29.9 Å². The lowest BCUT2D eigenvalue weighted by Gasteiger charge is -2.27. The van der Waals surface area contributed by atoms with Crippen LogP contribution in [-0.4, -0.2) is 18.0 Å². The summed E-state index contributed by atoms with van der Waals surface area (Å²) in [5, 5.41) is 3.09. The Kier molecular flexibility index (Phi) is 4.66. The van der Waals surface area contributed by atoms with Crippen molar-refractivity contribution in [2.24, 2.45) is 0 Å². The van der Waals surface area contributed by atoms with Gasteiger partial charge in [0.2, 0.25) is 0 Å². The maximum absolute atomic E-state index is 13.2. The largest absolute Gasteiger partial charge is 0.497 e. The number of carbonyl (C=O) groups is 1. The molecule has 2 aromatic rings. The number of benzene rings is 1. The molecule has 0 aliphatic rings. The normalized spacial score (nSPS) is 11.1. The number of rotatable bonds is 4. The van der Waals surface area contributed by atoms with Crippen LogP contribution < -0.4 is 10.1 Å². The molecule has 116 valence electrons. The minimum Gasteiger partial charge on any atom is -0.497 e. The van der Waals surface area contributed by atoms with Crippen molar-refractivity contribution in [3.05, 3.63) is 58.6 Å². The number of nitrogens with zero attached hydrogens (tertiary/aromatic N) is 1. The predicted octanol–water partition coefficient (Wildman–Crippen LogP) is 3.55. The maximum Gasteiger partial charge on any atom is 0.270 e. The number of nitrogens with one attached hydrogen (secondary N) is 1. The minimum absolute atomic E-state index is 0.227. The summed E-state index contributed by atoms with van der Waals surface area (Å²) < 4.78 is 18.2. The summed E-state index contributed by atoms with van der Waals surface area (Å²) in [6, 6.07) is 7.26. The van der Waals surface area contributed by atoms with Crippen LogP contribution in [0, 0.1) is 5.82 Å². The van der Waals surface area contributed by atoms with Gasteiger partial charge in [0.05, 0.1) is 12.6 Å². The fourth-order valence-electron chi connectivity index (χ4n) is 2.07. The number of hydrogen-bond acceptors (Lipinski definition) is 3. The highest BCUT2D eigenvalue weighted by Gasteiger charge is 2.26. The van der Waals surface area contributed by atoms with Crippen molar-refractivity contribution in [2.45, 2.75) is 19.4 Å². The number of hydrogen-bond donors (Lipinski definition) is 1. The zero-order valence-corrected chi connectivity index (χ0v) is 13.2. The molecule has 6 heteroatoms. The van der Waals surface area contributed by atoms with Crippen molar-refractivity contribution in [1.29, 1.82) is 0 Å². The van der Waals surface area contributed by atoms with Gasteiger partial charge in [0.15, 0.2) is 0 Å². The molecular weight excluding hydrogens is 307 g/mol. The topological polar surface area (TPSA) is 51.2 Å². The minimum atomic E-state index is -0.785. The molecule has 1 aromatic carbocycles. The lowest BCUT2D eigenvalue weighted by Crippen LogP contribution is -2.41. The zero-order chi connectivity index (χ0) is 16.3. The molecule has 0 fully saturated rings. The van der Waals surface area contributed by atoms with Crippen LogP contribution in [-0.2, 0) is 5.54 Å². The Balaban J connectivity index is 2.25. The van der Waals surface area contributed by atoms with E-state index in [1.54, 1.807) is 26.0 Å². The summed E-state index contributed by atoms with van der Waals surface area (Å²) in [5.74, 6) is -0.257. The van der Waals surface area contributed by atoms with Gasteiger partial charge in [-0.1, -0.05) is 17.7 Å². The molecule has 1 amide bonds. The first-order valence-electron chi connectivity index (χ1n) is 6.61. The first-order chi connectivity index (χ1) is 10.3. The molecule has 0 radical (unpaired) electrons. The van der Waals surface area contributed by atoms with E-state index in [1.807, 2.05) is 0 Å². The Labute approximate surface area is 133 Å². The van der Waals surface area contributed by atoms with Crippen LogP contribution in [0.5, 0.6) is 5.75 Å². The average molecular weight is 323 g/mol. The smallest absolute Gasteiger partial charge is 0.270 e. The molecule has 0 saturated heterocycles. The third-order valence-electron chi connectivity index (χ3n) is 3.23. The molecule has 0 atom stereocenters. The first kappa shape index (κ1) is 16.2. The molecule has 0 saturated carbocycles. The van der Waals surface area contributed by atoms with Gasteiger partial charge in [-0.25, -0.2) is 4.39 Å².